The molecule has 1 rings (SSSR count). The molecular formula is C14H30N2. The van der Waals surface area contributed by atoms with Gasteiger partial charge in [0.05, 0.1) is 0 Å². The molecule has 0 saturated heterocycles. The summed E-state index contributed by atoms with van der Waals surface area (Å²) in [5.74, 6) is 1.53. The van der Waals surface area contributed by atoms with Gasteiger partial charge in [-0.05, 0) is 31.7 Å². The van der Waals surface area contributed by atoms with E-state index in [0.29, 0.717) is 0 Å². The summed E-state index contributed by atoms with van der Waals surface area (Å²) < 4.78 is 0. The molecule has 0 aliphatic heterocycles. The van der Waals surface area contributed by atoms with Gasteiger partial charge in [0.15, 0.2) is 0 Å². The van der Waals surface area contributed by atoms with E-state index in [1.165, 1.54) is 38.6 Å². The summed E-state index contributed by atoms with van der Waals surface area (Å²) in [7, 11) is 2.28. The van der Waals surface area contributed by atoms with Gasteiger partial charge in [0.25, 0.3) is 0 Å². The summed E-state index contributed by atoms with van der Waals surface area (Å²) in [6, 6.07) is 0. The highest BCUT2D eigenvalue weighted by atomic mass is 15.2. The maximum absolute atomic E-state index is 6.14. The molecular weight excluding hydrogens is 196 g/mol. The number of nitrogens with zero attached hydrogens (tertiary/aromatic N) is 1. The SMILES string of the molecule is CCC1CCCCC1(CN)N(C)CC(C)C. The minimum Gasteiger partial charge on any atom is -0.329 e. The molecule has 0 spiro atoms. The van der Waals surface area contributed by atoms with Crippen molar-refractivity contribution in [2.75, 3.05) is 20.1 Å². The van der Waals surface area contributed by atoms with E-state index in [2.05, 4.69) is 32.7 Å². The second-order valence-corrected chi connectivity index (χ2v) is 5.93. The lowest BCUT2D eigenvalue weighted by atomic mass is 9.70. The van der Waals surface area contributed by atoms with Crippen molar-refractivity contribution in [3.63, 3.8) is 0 Å². The van der Waals surface area contributed by atoms with E-state index < -0.39 is 0 Å². The number of hydrogen-bond donors (Lipinski definition) is 1. The van der Waals surface area contributed by atoms with Gasteiger partial charge in [0.2, 0.25) is 0 Å². The van der Waals surface area contributed by atoms with E-state index in [1.807, 2.05) is 0 Å². The maximum Gasteiger partial charge on any atom is 0.0356 e. The average Bonchev–Trinajstić information content (AvgIpc) is 2.27. The van der Waals surface area contributed by atoms with Crippen LogP contribution >= 0.6 is 0 Å². The fourth-order valence-electron chi connectivity index (χ4n) is 3.54. The smallest absolute Gasteiger partial charge is 0.0356 e. The van der Waals surface area contributed by atoms with Gasteiger partial charge in [-0.1, -0.05) is 40.0 Å². The lowest BCUT2D eigenvalue weighted by molar-refractivity contribution is 0.0161. The monoisotopic (exact) mass is 226 g/mol. The van der Waals surface area contributed by atoms with Crippen LogP contribution in [0.1, 0.15) is 52.9 Å². The third-order valence-electron chi connectivity index (χ3n) is 4.42. The van der Waals surface area contributed by atoms with Crippen LogP contribution in [0.15, 0.2) is 0 Å². The Morgan fingerprint density at radius 1 is 1.38 bits per heavy atom. The standard InChI is InChI=1S/C14H30N2/c1-5-13-8-6-7-9-14(13,11-15)16(4)10-12(2)3/h12-13H,5-11,15H2,1-4H3. The Morgan fingerprint density at radius 3 is 2.56 bits per heavy atom. The normalized spacial score (nSPS) is 31.3. The molecule has 2 nitrogen and oxygen atoms in total. The summed E-state index contributed by atoms with van der Waals surface area (Å²) in [6.07, 6.45) is 6.70. The van der Waals surface area contributed by atoms with Crippen LogP contribution in [0.5, 0.6) is 0 Å². The molecule has 1 saturated carbocycles. The van der Waals surface area contributed by atoms with Crippen LogP contribution in [0.4, 0.5) is 0 Å². The van der Waals surface area contributed by atoms with Gasteiger partial charge in [-0.2, -0.15) is 0 Å². The van der Waals surface area contributed by atoms with Crippen molar-refractivity contribution in [1.82, 2.24) is 4.90 Å². The second-order valence-electron chi connectivity index (χ2n) is 5.93. The van der Waals surface area contributed by atoms with E-state index in [0.717, 1.165) is 18.4 Å². The lowest BCUT2D eigenvalue weighted by Crippen LogP contribution is -2.59. The zero-order chi connectivity index (χ0) is 12.2. The fraction of sp³-hybridized carbons (Fsp3) is 1.00. The van der Waals surface area contributed by atoms with Crippen molar-refractivity contribution in [2.24, 2.45) is 17.6 Å². The molecule has 1 fully saturated rings. The molecule has 0 aromatic rings. The molecule has 0 bridgehead atoms. The summed E-state index contributed by atoms with van der Waals surface area (Å²) in [4.78, 5) is 2.56. The molecule has 1 aliphatic rings. The maximum atomic E-state index is 6.14. The van der Waals surface area contributed by atoms with Crippen LogP contribution in [0.2, 0.25) is 0 Å². The van der Waals surface area contributed by atoms with Crippen LogP contribution in [-0.2, 0) is 0 Å². The third-order valence-corrected chi connectivity index (χ3v) is 4.42. The van der Waals surface area contributed by atoms with Crippen molar-refractivity contribution in [3.05, 3.63) is 0 Å². The van der Waals surface area contributed by atoms with Crippen molar-refractivity contribution >= 4 is 0 Å². The van der Waals surface area contributed by atoms with Crippen molar-refractivity contribution in [1.29, 1.82) is 0 Å². The van der Waals surface area contributed by atoms with E-state index in [1.54, 1.807) is 0 Å². The van der Waals surface area contributed by atoms with E-state index in [4.69, 9.17) is 5.73 Å². The molecule has 1 aliphatic carbocycles. The van der Waals surface area contributed by atoms with Crippen LogP contribution in [0, 0.1) is 11.8 Å². The summed E-state index contributed by atoms with van der Waals surface area (Å²) >= 11 is 0. The van der Waals surface area contributed by atoms with Crippen molar-refractivity contribution in [3.8, 4) is 0 Å². The Morgan fingerprint density at radius 2 is 2.06 bits per heavy atom. The lowest BCUT2D eigenvalue weighted by Gasteiger charge is -2.50. The first-order valence-corrected chi connectivity index (χ1v) is 6.98. The molecule has 0 aromatic heterocycles. The van der Waals surface area contributed by atoms with Gasteiger partial charge in [-0.25, -0.2) is 0 Å². The zero-order valence-corrected chi connectivity index (χ0v) is 11.6. The molecule has 0 radical (unpaired) electrons. The highest BCUT2D eigenvalue weighted by molar-refractivity contribution is 4.98. The van der Waals surface area contributed by atoms with Gasteiger partial charge in [-0.15, -0.1) is 0 Å². The van der Waals surface area contributed by atoms with E-state index in [-0.39, 0.29) is 5.54 Å². The first-order valence-electron chi connectivity index (χ1n) is 6.98. The molecule has 0 amide bonds. The average molecular weight is 226 g/mol. The Bertz CT molecular complexity index is 203. The number of likely N-dealkylation sites (N-methyl/N-ethyl adjacent to an activating group) is 1. The van der Waals surface area contributed by atoms with Crippen LogP contribution in [0.25, 0.3) is 0 Å². The Labute approximate surface area is 102 Å². The third kappa shape index (κ3) is 2.78. The minimum absolute atomic E-state index is 0.289. The van der Waals surface area contributed by atoms with Crippen LogP contribution in [0.3, 0.4) is 0 Å². The van der Waals surface area contributed by atoms with Crippen molar-refractivity contribution in [2.45, 2.75) is 58.4 Å². The molecule has 2 atom stereocenters. The molecule has 2 unspecified atom stereocenters. The molecule has 0 aromatic carbocycles. The Balaban J connectivity index is 2.79. The van der Waals surface area contributed by atoms with Crippen LogP contribution in [-0.4, -0.2) is 30.6 Å². The summed E-state index contributed by atoms with van der Waals surface area (Å²) in [5, 5.41) is 0. The predicted octanol–water partition coefficient (Wildman–Crippen LogP) is 2.87. The topological polar surface area (TPSA) is 29.3 Å². The highest BCUT2D eigenvalue weighted by Crippen LogP contribution is 2.39. The first-order chi connectivity index (χ1) is 7.56. The summed E-state index contributed by atoms with van der Waals surface area (Å²) in [5.41, 5.74) is 6.43. The predicted molar refractivity (Wildman–Crippen MR) is 71.5 cm³/mol. The molecule has 0 heterocycles. The molecule has 2 N–H and O–H groups in total. The fourth-order valence-corrected chi connectivity index (χ4v) is 3.54. The zero-order valence-electron chi connectivity index (χ0n) is 11.6. The second kappa shape index (κ2) is 6.02. The number of rotatable bonds is 5. The van der Waals surface area contributed by atoms with Crippen molar-refractivity contribution < 1.29 is 0 Å². The van der Waals surface area contributed by atoms with E-state index >= 15 is 0 Å². The van der Waals surface area contributed by atoms with Gasteiger partial charge in [-0.3, -0.25) is 4.90 Å². The summed E-state index contributed by atoms with van der Waals surface area (Å²) in [6.45, 7) is 8.92. The van der Waals surface area contributed by atoms with Gasteiger partial charge in [0.1, 0.15) is 0 Å². The molecule has 16 heavy (non-hydrogen) atoms. The number of hydrogen-bond acceptors (Lipinski definition) is 2. The van der Waals surface area contributed by atoms with Crippen LogP contribution < -0.4 is 5.73 Å². The van der Waals surface area contributed by atoms with E-state index in [9.17, 15) is 0 Å². The molecule has 96 valence electrons. The Hall–Kier alpha value is -0.0800. The molecule has 2 heteroatoms. The van der Waals surface area contributed by atoms with Gasteiger partial charge < -0.3 is 5.73 Å². The van der Waals surface area contributed by atoms with Gasteiger partial charge in [0, 0.05) is 18.6 Å². The largest absolute Gasteiger partial charge is 0.329 e. The van der Waals surface area contributed by atoms with Gasteiger partial charge >= 0.3 is 0 Å². The quantitative estimate of drug-likeness (QED) is 0.781. The first kappa shape index (κ1) is 14.0. The number of nitrogens with two attached hydrogens (primary N) is 1. The Kier molecular flexibility index (Phi) is 5.26. The highest BCUT2D eigenvalue weighted by Gasteiger charge is 2.41. The minimum atomic E-state index is 0.289.